The van der Waals surface area contributed by atoms with E-state index in [0.29, 0.717) is 12.1 Å². The summed E-state index contributed by atoms with van der Waals surface area (Å²) in [6.45, 7) is 2.08. The van der Waals surface area contributed by atoms with Gasteiger partial charge in [-0.25, -0.2) is 4.79 Å². The third kappa shape index (κ3) is 2.39. The average Bonchev–Trinajstić information content (AvgIpc) is 3.14. The van der Waals surface area contributed by atoms with Crippen molar-refractivity contribution in [1.29, 1.82) is 0 Å². The lowest BCUT2D eigenvalue weighted by Crippen LogP contribution is -2.37. The second-order valence-electron chi connectivity index (χ2n) is 5.83. The minimum Gasteiger partial charge on any atom is -0.303 e. The third-order valence-corrected chi connectivity index (χ3v) is 4.44. The smallest absolute Gasteiger partial charge is 0.303 e. The normalized spacial score (nSPS) is 25.5. The molecule has 0 radical (unpaired) electrons. The molecular weight excluding hydrogens is 226 g/mol. The van der Waals surface area contributed by atoms with Gasteiger partial charge in [-0.1, -0.05) is 6.42 Å². The van der Waals surface area contributed by atoms with Crippen LogP contribution < -0.4 is 5.69 Å². The predicted octanol–water partition coefficient (Wildman–Crippen LogP) is 1.86. The summed E-state index contributed by atoms with van der Waals surface area (Å²) >= 11 is 0. The van der Waals surface area contributed by atoms with E-state index in [0.717, 1.165) is 13.0 Å². The predicted molar refractivity (Wildman–Crippen MR) is 71.8 cm³/mol. The Kier molecular flexibility index (Phi) is 3.29. The van der Waals surface area contributed by atoms with Gasteiger partial charge in [0.15, 0.2) is 0 Å². The highest BCUT2D eigenvalue weighted by Gasteiger charge is 2.25. The van der Waals surface area contributed by atoms with E-state index >= 15 is 0 Å². The van der Waals surface area contributed by atoms with Crippen LogP contribution >= 0.6 is 0 Å². The fraction of sp³-hybridized carbons (Fsp3) is 0.786. The zero-order valence-corrected chi connectivity index (χ0v) is 11.2. The molecule has 1 aliphatic carbocycles. The molecule has 1 aromatic heterocycles. The fourth-order valence-electron chi connectivity index (χ4n) is 3.03. The van der Waals surface area contributed by atoms with Gasteiger partial charge in [0.25, 0.3) is 0 Å². The Labute approximate surface area is 108 Å². The minimum atomic E-state index is 0.191. The van der Waals surface area contributed by atoms with Crippen LogP contribution in [0.25, 0.3) is 0 Å². The van der Waals surface area contributed by atoms with Gasteiger partial charge < -0.3 is 4.90 Å². The minimum absolute atomic E-state index is 0.191. The number of piperidine rings is 1. The van der Waals surface area contributed by atoms with Crippen LogP contribution in [0.2, 0.25) is 0 Å². The number of nitrogens with zero attached hydrogens (tertiary/aromatic N) is 3. The quantitative estimate of drug-likeness (QED) is 0.815. The molecule has 2 fully saturated rings. The molecule has 1 aliphatic heterocycles. The molecular formula is C14H23N3O. The molecule has 1 saturated heterocycles. The van der Waals surface area contributed by atoms with E-state index in [9.17, 15) is 4.79 Å². The van der Waals surface area contributed by atoms with Crippen molar-refractivity contribution in [1.82, 2.24) is 14.0 Å². The Morgan fingerprint density at radius 3 is 2.78 bits per heavy atom. The van der Waals surface area contributed by atoms with Crippen LogP contribution in [0.3, 0.4) is 0 Å². The molecule has 1 saturated carbocycles. The second-order valence-corrected chi connectivity index (χ2v) is 5.83. The van der Waals surface area contributed by atoms with Crippen LogP contribution in [-0.4, -0.2) is 33.7 Å². The first-order valence-electron chi connectivity index (χ1n) is 7.23. The summed E-state index contributed by atoms with van der Waals surface area (Å²) in [5, 5.41) is 0. The summed E-state index contributed by atoms with van der Waals surface area (Å²) in [5.41, 5.74) is 0.191. The second kappa shape index (κ2) is 4.92. The van der Waals surface area contributed by atoms with Crippen LogP contribution in [0, 0.1) is 0 Å². The van der Waals surface area contributed by atoms with Gasteiger partial charge in [0.1, 0.15) is 0 Å². The van der Waals surface area contributed by atoms with Gasteiger partial charge in [0, 0.05) is 31.0 Å². The number of aryl methyl sites for hydroxylation is 1. The van der Waals surface area contributed by atoms with Gasteiger partial charge >= 0.3 is 5.69 Å². The maximum atomic E-state index is 12.1. The molecule has 0 bridgehead atoms. The van der Waals surface area contributed by atoms with Gasteiger partial charge in [-0.15, -0.1) is 0 Å². The van der Waals surface area contributed by atoms with Crippen LogP contribution in [0.1, 0.15) is 44.6 Å². The molecule has 0 N–H and O–H groups in total. The highest BCUT2D eigenvalue weighted by atomic mass is 16.1. The number of hydrogen-bond acceptors (Lipinski definition) is 2. The standard InChI is InChI=1S/C14H23N3O/c1-15-8-3-2-4-12(15)7-9-16-10-11-17(14(16)18)13-5-6-13/h10-13H,2-9H2,1H3. The molecule has 3 rings (SSSR count). The third-order valence-electron chi connectivity index (χ3n) is 4.44. The van der Waals surface area contributed by atoms with E-state index in [1.165, 1.54) is 38.6 Å². The maximum absolute atomic E-state index is 12.1. The van der Waals surface area contributed by atoms with Gasteiger partial charge in [-0.3, -0.25) is 9.13 Å². The van der Waals surface area contributed by atoms with Crippen molar-refractivity contribution in [3.05, 3.63) is 22.9 Å². The van der Waals surface area contributed by atoms with Crippen LogP contribution in [-0.2, 0) is 6.54 Å². The molecule has 0 spiro atoms. The zero-order valence-electron chi connectivity index (χ0n) is 11.2. The first kappa shape index (κ1) is 12.0. The van der Waals surface area contributed by atoms with Crippen LogP contribution in [0.15, 0.2) is 17.2 Å². The van der Waals surface area contributed by atoms with E-state index < -0.39 is 0 Å². The summed E-state index contributed by atoms with van der Waals surface area (Å²) in [7, 11) is 2.21. The van der Waals surface area contributed by atoms with E-state index in [-0.39, 0.29) is 5.69 Å². The Balaban J connectivity index is 1.60. The Hall–Kier alpha value is -1.03. The van der Waals surface area contributed by atoms with E-state index in [1.807, 2.05) is 21.5 Å². The molecule has 1 aromatic rings. The molecule has 1 atom stereocenters. The van der Waals surface area contributed by atoms with Crippen molar-refractivity contribution in [2.45, 2.75) is 57.2 Å². The van der Waals surface area contributed by atoms with Gasteiger partial charge in [-0.2, -0.15) is 0 Å². The van der Waals surface area contributed by atoms with E-state index in [4.69, 9.17) is 0 Å². The summed E-state index contributed by atoms with van der Waals surface area (Å²) in [4.78, 5) is 14.6. The topological polar surface area (TPSA) is 30.2 Å². The molecule has 1 unspecified atom stereocenters. The van der Waals surface area contributed by atoms with Crippen LogP contribution in [0.5, 0.6) is 0 Å². The molecule has 4 nitrogen and oxygen atoms in total. The van der Waals surface area contributed by atoms with Gasteiger partial charge in [0.05, 0.1) is 0 Å². The Morgan fingerprint density at radius 2 is 2.06 bits per heavy atom. The molecule has 2 aliphatic rings. The SMILES string of the molecule is CN1CCCCC1CCn1ccn(C2CC2)c1=O. The maximum Gasteiger partial charge on any atom is 0.328 e. The first-order valence-corrected chi connectivity index (χ1v) is 7.23. The Morgan fingerprint density at radius 1 is 1.22 bits per heavy atom. The van der Waals surface area contributed by atoms with Crippen LogP contribution in [0.4, 0.5) is 0 Å². The monoisotopic (exact) mass is 249 g/mol. The summed E-state index contributed by atoms with van der Waals surface area (Å²) in [6, 6.07) is 1.16. The lowest BCUT2D eigenvalue weighted by molar-refractivity contribution is 0.170. The highest BCUT2D eigenvalue weighted by Crippen LogP contribution is 2.33. The number of likely N-dealkylation sites (tertiary alicyclic amines) is 1. The lowest BCUT2D eigenvalue weighted by Gasteiger charge is -2.32. The van der Waals surface area contributed by atoms with Crippen molar-refractivity contribution < 1.29 is 0 Å². The molecule has 0 aromatic carbocycles. The highest BCUT2D eigenvalue weighted by molar-refractivity contribution is 4.91. The number of hydrogen-bond donors (Lipinski definition) is 0. The van der Waals surface area contributed by atoms with Crippen molar-refractivity contribution in [3.8, 4) is 0 Å². The first-order chi connectivity index (χ1) is 8.75. The molecule has 0 amide bonds. The molecule has 100 valence electrons. The van der Waals surface area contributed by atoms with Crippen molar-refractivity contribution >= 4 is 0 Å². The zero-order chi connectivity index (χ0) is 12.5. The number of rotatable bonds is 4. The van der Waals surface area contributed by atoms with E-state index in [2.05, 4.69) is 11.9 Å². The summed E-state index contributed by atoms with van der Waals surface area (Å²) in [6.07, 6.45) is 11.3. The van der Waals surface area contributed by atoms with Crippen molar-refractivity contribution in [2.24, 2.45) is 0 Å². The Bertz CT molecular complexity index is 458. The number of imidazole rings is 1. The molecule has 4 heteroatoms. The summed E-state index contributed by atoms with van der Waals surface area (Å²) in [5.74, 6) is 0. The van der Waals surface area contributed by atoms with Crippen molar-refractivity contribution in [3.63, 3.8) is 0 Å². The molecule has 18 heavy (non-hydrogen) atoms. The molecule has 2 heterocycles. The largest absolute Gasteiger partial charge is 0.328 e. The number of aromatic nitrogens is 2. The lowest BCUT2D eigenvalue weighted by atomic mass is 10.0. The van der Waals surface area contributed by atoms with E-state index in [1.54, 1.807) is 0 Å². The average molecular weight is 249 g/mol. The summed E-state index contributed by atoms with van der Waals surface area (Å²) < 4.78 is 3.80. The fourth-order valence-corrected chi connectivity index (χ4v) is 3.03. The van der Waals surface area contributed by atoms with Crippen molar-refractivity contribution in [2.75, 3.05) is 13.6 Å². The van der Waals surface area contributed by atoms with Gasteiger partial charge in [0.2, 0.25) is 0 Å². The van der Waals surface area contributed by atoms with Gasteiger partial charge in [-0.05, 0) is 45.7 Å².